The van der Waals surface area contributed by atoms with Crippen LogP contribution in [-0.2, 0) is 6.61 Å². The van der Waals surface area contributed by atoms with Crippen LogP contribution in [-0.4, -0.2) is 31.9 Å². The van der Waals surface area contributed by atoms with Gasteiger partial charge in [0.05, 0.1) is 6.61 Å². The van der Waals surface area contributed by atoms with E-state index in [4.69, 9.17) is 9.47 Å². The van der Waals surface area contributed by atoms with E-state index in [-0.39, 0.29) is 13.4 Å². The fourth-order valence-corrected chi connectivity index (χ4v) is 2.80. The van der Waals surface area contributed by atoms with Crippen molar-refractivity contribution in [2.75, 3.05) is 6.79 Å². The summed E-state index contributed by atoms with van der Waals surface area (Å²) in [5.74, 6) is 1.38. The number of thiazole rings is 1. The average Bonchev–Trinajstić information content (AvgIpc) is 3.24. The van der Waals surface area contributed by atoms with Gasteiger partial charge in [-0.05, 0) is 18.2 Å². The van der Waals surface area contributed by atoms with E-state index < -0.39 is 0 Å². The minimum Gasteiger partial charge on any atom is -0.454 e. The number of rotatable bonds is 3. The lowest BCUT2D eigenvalue weighted by atomic mass is 10.1. The minimum atomic E-state index is -0.199. The van der Waals surface area contributed by atoms with Crippen LogP contribution >= 0.6 is 11.3 Å². The number of aromatic nitrogens is 4. The highest BCUT2D eigenvalue weighted by Crippen LogP contribution is 2.37. The molecule has 3 heterocycles. The molecule has 0 radical (unpaired) electrons. The van der Waals surface area contributed by atoms with Crippen molar-refractivity contribution < 1.29 is 14.6 Å². The van der Waals surface area contributed by atoms with Crippen LogP contribution < -0.4 is 9.47 Å². The molecule has 0 aliphatic carbocycles. The van der Waals surface area contributed by atoms with Crippen LogP contribution in [0, 0.1) is 0 Å². The van der Waals surface area contributed by atoms with Crippen LogP contribution in [0.3, 0.4) is 0 Å². The molecule has 0 saturated heterocycles. The molecule has 1 aromatic carbocycles. The summed E-state index contributed by atoms with van der Waals surface area (Å²) >= 11 is 1.45. The topological polar surface area (TPSA) is 82.3 Å². The molecular weight excluding hydrogens is 292 g/mol. The number of hydrogen-bond acceptors (Lipinski definition) is 7. The molecule has 0 atom stereocenters. The van der Waals surface area contributed by atoms with E-state index in [0.717, 1.165) is 5.56 Å². The first-order chi connectivity index (χ1) is 10.4. The summed E-state index contributed by atoms with van der Waals surface area (Å²) in [5, 5.41) is 20.1. The van der Waals surface area contributed by atoms with Crippen LogP contribution in [0.2, 0.25) is 0 Å². The number of benzene rings is 1. The largest absolute Gasteiger partial charge is 0.454 e. The molecule has 8 heteroatoms. The van der Waals surface area contributed by atoms with Gasteiger partial charge >= 0.3 is 0 Å². The zero-order valence-corrected chi connectivity index (χ0v) is 11.6. The Balaban J connectivity index is 1.89. The Morgan fingerprint density at radius 1 is 1.29 bits per heavy atom. The van der Waals surface area contributed by atoms with Gasteiger partial charge in [0.25, 0.3) is 0 Å². The Bertz CT molecular complexity index is 785. The van der Waals surface area contributed by atoms with E-state index in [0.29, 0.717) is 28.0 Å². The van der Waals surface area contributed by atoms with Crippen LogP contribution in [0.1, 0.15) is 5.69 Å². The molecule has 0 spiro atoms. The van der Waals surface area contributed by atoms with E-state index >= 15 is 0 Å². The molecular formula is C13H10N4O3S. The van der Waals surface area contributed by atoms with Crippen molar-refractivity contribution in [1.82, 2.24) is 20.0 Å². The lowest BCUT2D eigenvalue weighted by Gasteiger charge is -2.06. The van der Waals surface area contributed by atoms with Crippen molar-refractivity contribution >= 4 is 11.3 Å². The van der Waals surface area contributed by atoms with Gasteiger partial charge in [-0.15, -0.1) is 16.4 Å². The lowest BCUT2D eigenvalue weighted by molar-refractivity contribution is 0.174. The van der Waals surface area contributed by atoms with E-state index in [1.54, 1.807) is 10.9 Å². The summed E-state index contributed by atoms with van der Waals surface area (Å²) in [5.41, 5.74) is 2.03. The van der Waals surface area contributed by atoms with Gasteiger partial charge in [0.2, 0.25) is 11.9 Å². The summed E-state index contributed by atoms with van der Waals surface area (Å²) in [4.78, 5) is 4.23. The third kappa shape index (κ3) is 1.96. The lowest BCUT2D eigenvalue weighted by Crippen LogP contribution is -1.99. The number of aliphatic hydroxyl groups excluding tert-OH is 1. The molecule has 3 aromatic rings. The van der Waals surface area contributed by atoms with Gasteiger partial charge in [-0.25, -0.2) is 4.98 Å². The monoisotopic (exact) mass is 302 g/mol. The summed E-state index contributed by atoms with van der Waals surface area (Å²) in [6, 6.07) is 5.57. The maximum Gasteiger partial charge on any atom is 0.231 e. The van der Waals surface area contributed by atoms with Crippen molar-refractivity contribution in [1.29, 1.82) is 0 Å². The molecule has 0 amide bonds. The second kappa shape index (κ2) is 4.83. The first-order valence-electron chi connectivity index (χ1n) is 6.22. The Hall–Kier alpha value is -2.45. The summed E-state index contributed by atoms with van der Waals surface area (Å²) in [7, 11) is 0. The minimum absolute atomic E-state index is 0.199. The number of nitrogens with zero attached hydrogens (tertiary/aromatic N) is 4. The van der Waals surface area contributed by atoms with Crippen molar-refractivity contribution in [2.45, 2.75) is 6.61 Å². The summed E-state index contributed by atoms with van der Waals surface area (Å²) < 4.78 is 12.3. The molecule has 1 aliphatic heterocycles. The first-order valence-corrected chi connectivity index (χ1v) is 7.10. The highest BCUT2D eigenvalue weighted by molar-refractivity contribution is 7.12. The zero-order chi connectivity index (χ0) is 14.2. The van der Waals surface area contributed by atoms with Crippen molar-refractivity contribution in [2.24, 2.45) is 0 Å². The first kappa shape index (κ1) is 12.3. The van der Waals surface area contributed by atoms with Gasteiger partial charge < -0.3 is 14.6 Å². The van der Waals surface area contributed by atoms with Gasteiger partial charge in [-0.3, -0.25) is 0 Å². The molecule has 0 saturated carbocycles. The van der Waals surface area contributed by atoms with Gasteiger partial charge in [0, 0.05) is 17.1 Å². The molecule has 7 nitrogen and oxygen atoms in total. The van der Waals surface area contributed by atoms with Crippen LogP contribution in [0.25, 0.3) is 16.4 Å². The Morgan fingerprint density at radius 2 is 2.19 bits per heavy atom. The second-order valence-corrected chi connectivity index (χ2v) is 5.21. The Morgan fingerprint density at radius 3 is 3.00 bits per heavy atom. The predicted molar refractivity (Wildman–Crippen MR) is 74.5 cm³/mol. The molecule has 106 valence electrons. The van der Waals surface area contributed by atoms with E-state index in [2.05, 4.69) is 15.3 Å². The number of hydrogen-bond donors (Lipinski definition) is 1. The molecule has 0 fully saturated rings. The summed E-state index contributed by atoms with van der Waals surface area (Å²) in [6.45, 7) is 0.0186. The van der Waals surface area contributed by atoms with Gasteiger partial charge in [-0.2, -0.15) is 4.68 Å². The summed E-state index contributed by atoms with van der Waals surface area (Å²) in [6.07, 6.45) is 1.70. The quantitative estimate of drug-likeness (QED) is 0.791. The van der Waals surface area contributed by atoms with Crippen LogP contribution in [0.4, 0.5) is 0 Å². The molecule has 0 unspecified atom stereocenters. The third-order valence-corrected chi connectivity index (χ3v) is 3.88. The van der Waals surface area contributed by atoms with E-state index in [9.17, 15) is 5.11 Å². The van der Waals surface area contributed by atoms with Crippen molar-refractivity contribution in [3.8, 4) is 27.9 Å². The molecule has 1 aliphatic rings. The standard InChI is InChI=1S/C13H10N4O3S/c18-6-9-12(17(16-15-9)13-14-3-4-21-13)8-1-2-10-11(5-8)20-7-19-10/h1-5,18H,6-7H2. The predicted octanol–water partition coefficient (Wildman–Crippen LogP) is 1.61. The van der Waals surface area contributed by atoms with Gasteiger partial charge in [0.15, 0.2) is 11.5 Å². The van der Waals surface area contributed by atoms with Crippen molar-refractivity contribution in [3.63, 3.8) is 0 Å². The highest BCUT2D eigenvalue weighted by Gasteiger charge is 2.20. The SMILES string of the molecule is OCc1nnn(-c2nccs2)c1-c1ccc2c(c1)OCO2. The molecule has 4 rings (SSSR count). The molecule has 21 heavy (non-hydrogen) atoms. The molecule has 2 aromatic heterocycles. The zero-order valence-electron chi connectivity index (χ0n) is 10.8. The molecule has 1 N–H and O–H groups in total. The normalized spacial score (nSPS) is 12.8. The maximum absolute atomic E-state index is 9.50. The van der Waals surface area contributed by atoms with Crippen LogP contribution in [0.15, 0.2) is 29.8 Å². The van der Waals surface area contributed by atoms with Gasteiger partial charge in [0.1, 0.15) is 11.4 Å². The molecule has 0 bridgehead atoms. The average molecular weight is 302 g/mol. The highest BCUT2D eigenvalue weighted by atomic mass is 32.1. The number of fused-ring (bicyclic) bond motifs is 1. The fourth-order valence-electron chi connectivity index (χ4n) is 2.21. The van der Waals surface area contributed by atoms with Gasteiger partial charge in [-0.1, -0.05) is 5.21 Å². The number of aliphatic hydroxyl groups is 1. The number of ether oxygens (including phenoxy) is 2. The van der Waals surface area contributed by atoms with E-state index in [1.165, 1.54) is 11.3 Å². The van der Waals surface area contributed by atoms with Crippen LogP contribution in [0.5, 0.6) is 11.5 Å². The fraction of sp³-hybridized carbons (Fsp3) is 0.154. The Kier molecular flexibility index (Phi) is 2.83. The van der Waals surface area contributed by atoms with E-state index in [1.807, 2.05) is 23.6 Å². The second-order valence-electron chi connectivity index (χ2n) is 4.34. The van der Waals surface area contributed by atoms with Crippen molar-refractivity contribution in [3.05, 3.63) is 35.5 Å². The Labute approximate surface area is 123 Å². The maximum atomic E-state index is 9.50. The third-order valence-electron chi connectivity index (χ3n) is 3.14. The smallest absolute Gasteiger partial charge is 0.231 e.